The van der Waals surface area contributed by atoms with Crippen LogP contribution in [0.1, 0.15) is 46.4 Å². The van der Waals surface area contributed by atoms with Gasteiger partial charge in [-0.05, 0) is 18.9 Å². The summed E-state index contributed by atoms with van der Waals surface area (Å²) < 4.78 is 4.95. The van der Waals surface area contributed by atoms with Crippen LogP contribution in [-0.4, -0.2) is 41.6 Å². The highest BCUT2D eigenvalue weighted by Crippen LogP contribution is 2.15. The summed E-state index contributed by atoms with van der Waals surface area (Å²) >= 11 is 0. The predicted octanol–water partition coefficient (Wildman–Crippen LogP) is 2.66. The summed E-state index contributed by atoms with van der Waals surface area (Å²) in [5.74, 6) is -0.188. The highest BCUT2D eigenvalue weighted by atomic mass is 16.3. The van der Waals surface area contributed by atoms with Gasteiger partial charge in [0.1, 0.15) is 6.26 Å². The van der Waals surface area contributed by atoms with E-state index in [9.17, 15) is 14.4 Å². The summed E-state index contributed by atoms with van der Waals surface area (Å²) in [4.78, 5) is 38.1. The average molecular weight is 354 g/mol. The highest BCUT2D eigenvalue weighted by molar-refractivity contribution is 5.98. The van der Waals surface area contributed by atoms with Gasteiger partial charge in [-0.15, -0.1) is 0 Å². The summed E-state index contributed by atoms with van der Waals surface area (Å²) in [5, 5.41) is 2.97. The lowest BCUT2D eigenvalue weighted by molar-refractivity contribution is -0.122. The van der Waals surface area contributed by atoms with Crippen LogP contribution in [0.5, 0.6) is 0 Å². The van der Waals surface area contributed by atoms with Gasteiger partial charge >= 0.3 is 0 Å². The maximum absolute atomic E-state index is 12.2. The van der Waals surface area contributed by atoms with Gasteiger partial charge in [0.25, 0.3) is 5.91 Å². The van der Waals surface area contributed by atoms with Gasteiger partial charge in [0.15, 0.2) is 5.78 Å². The summed E-state index contributed by atoms with van der Waals surface area (Å²) in [6, 6.07) is 10.7. The zero-order chi connectivity index (χ0) is 18.4. The first-order valence-corrected chi connectivity index (χ1v) is 8.82. The molecule has 0 unspecified atom stereocenters. The number of carbonyl (C=O) groups excluding carboxylic acids is 3. The molecule has 0 saturated carbocycles. The Morgan fingerprint density at radius 2 is 1.73 bits per heavy atom. The van der Waals surface area contributed by atoms with Crippen LogP contribution in [0.15, 0.2) is 53.3 Å². The molecule has 0 radical (unpaired) electrons. The second-order valence-electron chi connectivity index (χ2n) is 6.44. The first-order chi connectivity index (χ1) is 12.6. The van der Waals surface area contributed by atoms with E-state index in [2.05, 4.69) is 5.32 Å². The number of hydrogen-bond acceptors (Lipinski definition) is 4. The van der Waals surface area contributed by atoms with E-state index in [-0.39, 0.29) is 36.5 Å². The normalized spacial score (nSPS) is 14.8. The van der Waals surface area contributed by atoms with Gasteiger partial charge in [-0.2, -0.15) is 0 Å². The number of hydrogen-bond donors (Lipinski definition) is 1. The molecule has 2 aromatic rings. The number of nitrogens with zero attached hydrogens (tertiary/aromatic N) is 1. The molecule has 6 nitrogen and oxygen atoms in total. The topological polar surface area (TPSA) is 79.6 Å². The van der Waals surface area contributed by atoms with Crippen LogP contribution in [0, 0.1) is 0 Å². The van der Waals surface area contributed by atoms with Crippen molar-refractivity contribution in [1.29, 1.82) is 0 Å². The largest absolute Gasteiger partial charge is 0.472 e. The summed E-state index contributed by atoms with van der Waals surface area (Å²) in [6.45, 7) is 1.19. The minimum atomic E-state index is -0.117. The molecule has 1 N–H and O–H groups in total. The summed E-state index contributed by atoms with van der Waals surface area (Å²) in [5.41, 5.74) is 1.18. The van der Waals surface area contributed by atoms with Crippen LogP contribution in [0.4, 0.5) is 0 Å². The van der Waals surface area contributed by atoms with Crippen molar-refractivity contribution < 1.29 is 18.8 Å². The number of benzene rings is 1. The molecule has 1 fully saturated rings. The fourth-order valence-corrected chi connectivity index (χ4v) is 3.09. The zero-order valence-electron chi connectivity index (χ0n) is 14.5. The third kappa shape index (κ3) is 4.59. The Bertz CT molecular complexity index is 747. The smallest absolute Gasteiger partial charge is 0.257 e. The molecule has 136 valence electrons. The number of likely N-dealkylation sites (tertiary alicyclic amines) is 1. The Balaban J connectivity index is 1.39. The lowest BCUT2D eigenvalue weighted by atomic mass is 10.0. The third-order valence-electron chi connectivity index (χ3n) is 4.59. The van der Waals surface area contributed by atoms with Gasteiger partial charge in [0.2, 0.25) is 5.91 Å². The Labute approximate surface area is 152 Å². The number of piperidine rings is 1. The molecular weight excluding hydrogens is 332 g/mol. The van der Waals surface area contributed by atoms with Crippen LogP contribution in [0.25, 0.3) is 0 Å². The number of Topliss-reactive ketones (excluding diaryl/α,β-unsaturated/α-hetero) is 1. The standard InChI is InChI=1S/C20H22N2O4/c23-18(15-4-2-1-3-5-15)6-7-19(24)21-17-8-11-22(12-9-17)20(25)16-10-13-26-14-16/h1-5,10,13-14,17H,6-9,11-12H2,(H,21,24). The van der Waals surface area contributed by atoms with Crippen LogP contribution < -0.4 is 5.32 Å². The molecule has 0 aliphatic carbocycles. The summed E-state index contributed by atoms with van der Waals surface area (Å²) in [6.07, 6.45) is 4.73. The molecule has 1 saturated heterocycles. The molecule has 6 heteroatoms. The molecule has 2 amide bonds. The van der Waals surface area contributed by atoms with E-state index in [0.717, 1.165) is 0 Å². The van der Waals surface area contributed by atoms with Crippen molar-refractivity contribution in [2.24, 2.45) is 0 Å². The number of amides is 2. The number of nitrogens with one attached hydrogen (secondary N) is 1. The molecule has 3 rings (SSSR count). The quantitative estimate of drug-likeness (QED) is 0.809. The van der Waals surface area contributed by atoms with Gasteiger partial charge < -0.3 is 14.6 Å². The van der Waals surface area contributed by atoms with Gasteiger partial charge in [-0.25, -0.2) is 0 Å². The van der Waals surface area contributed by atoms with Crippen molar-refractivity contribution in [2.45, 2.75) is 31.7 Å². The van der Waals surface area contributed by atoms with Gasteiger partial charge in [-0.1, -0.05) is 30.3 Å². The molecule has 1 aliphatic heterocycles. The van der Waals surface area contributed by atoms with Crippen molar-refractivity contribution in [1.82, 2.24) is 10.2 Å². The highest BCUT2D eigenvalue weighted by Gasteiger charge is 2.25. The molecule has 0 bridgehead atoms. The third-order valence-corrected chi connectivity index (χ3v) is 4.59. The fraction of sp³-hybridized carbons (Fsp3) is 0.350. The van der Waals surface area contributed by atoms with Gasteiger partial charge in [0.05, 0.1) is 11.8 Å². The van der Waals surface area contributed by atoms with Crippen molar-refractivity contribution in [3.63, 3.8) is 0 Å². The lowest BCUT2D eigenvalue weighted by Gasteiger charge is -2.32. The zero-order valence-corrected chi connectivity index (χ0v) is 14.5. The van der Waals surface area contributed by atoms with Crippen LogP contribution >= 0.6 is 0 Å². The maximum Gasteiger partial charge on any atom is 0.257 e. The number of ketones is 1. The van der Waals surface area contributed by atoms with E-state index in [1.54, 1.807) is 23.1 Å². The van der Waals surface area contributed by atoms with E-state index in [4.69, 9.17) is 4.42 Å². The maximum atomic E-state index is 12.2. The fourth-order valence-electron chi connectivity index (χ4n) is 3.09. The molecule has 1 aromatic heterocycles. The number of furan rings is 1. The van der Waals surface area contributed by atoms with E-state index in [0.29, 0.717) is 37.1 Å². The average Bonchev–Trinajstić information content (AvgIpc) is 3.21. The van der Waals surface area contributed by atoms with Crippen molar-refractivity contribution in [3.8, 4) is 0 Å². The van der Waals surface area contributed by atoms with E-state index < -0.39 is 0 Å². The van der Waals surface area contributed by atoms with Crippen LogP contribution in [0.2, 0.25) is 0 Å². The minimum absolute atomic E-state index is 0.0266. The Morgan fingerprint density at radius 3 is 2.38 bits per heavy atom. The minimum Gasteiger partial charge on any atom is -0.472 e. The molecule has 26 heavy (non-hydrogen) atoms. The van der Waals surface area contributed by atoms with Crippen LogP contribution in [0.3, 0.4) is 0 Å². The van der Waals surface area contributed by atoms with E-state index in [1.807, 2.05) is 18.2 Å². The van der Waals surface area contributed by atoms with Gasteiger partial charge in [-0.3, -0.25) is 14.4 Å². The molecule has 1 aliphatic rings. The Hall–Kier alpha value is -2.89. The molecule has 0 spiro atoms. The Morgan fingerprint density at radius 1 is 1.00 bits per heavy atom. The SMILES string of the molecule is O=C(CCC(=O)c1ccccc1)NC1CCN(C(=O)c2ccoc2)CC1. The first kappa shape index (κ1) is 17.9. The van der Waals surface area contributed by atoms with Crippen molar-refractivity contribution in [3.05, 3.63) is 60.1 Å². The second-order valence-corrected chi connectivity index (χ2v) is 6.44. The molecular formula is C20H22N2O4. The van der Waals surface area contributed by atoms with Gasteiger partial charge in [0, 0.05) is 37.5 Å². The first-order valence-electron chi connectivity index (χ1n) is 8.82. The predicted molar refractivity (Wildman–Crippen MR) is 95.8 cm³/mol. The van der Waals surface area contributed by atoms with Crippen molar-refractivity contribution in [2.75, 3.05) is 13.1 Å². The second kappa shape index (κ2) is 8.47. The lowest BCUT2D eigenvalue weighted by Crippen LogP contribution is -2.46. The summed E-state index contributed by atoms with van der Waals surface area (Å²) in [7, 11) is 0. The molecule has 0 atom stereocenters. The monoisotopic (exact) mass is 354 g/mol. The Kier molecular flexibility index (Phi) is 5.84. The molecule has 1 aromatic carbocycles. The number of rotatable bonds is 6. The molecule has 2 heterocycles. The van der Waals surface area contributed by atoms with Crippen LogP contribution in [-0.2, 0) is 4.79 Å². The number of carbonyl (C=O) groups is 3. The van der Waals surface area contributed by atoms with E-state index >= 15 is 0 Å². The van der Waals surface area contributed by atoms with Crippen molar-refractivity contribution >= 4 is 17.6 Å². The van der Waals surface area contributed by atoms with E-state index in [1.165, 1.54) is 12.5 Å².